The molecule has 1 aromatic heterocycles. The van der Waals surface area contributed by atoms with Crippen molar-refractivity contribution >= 4 is 28.3 Å². The summed E-state index contributed by atoms with van der Waals surface area (Å²) < 4.78 is 11.2. The van der Waals surface area contributed by atoms with Crippen molar-refractivity contribution in [3.05, 3.63) is 59.8 Å². The van der Waals surface area contributed by atoms with Gasteiger partial charge in [-0.2, -0.15) is 0 Å². The molecular weight excluding hydrogens is 352 g/mol. The number of benzene rings is 1. The van der Waals surface area contributed by atoms with E-state index in [-0.39, 0.29) is 5.91 Å². The Morgan fingerprint density at radius 3 is 2.82 bits per heavy atom. The van der Waals surface area contributed by atoms with E-state index < -0.39 is 0 Å². The molecule has 0 bridgehead atoms. The minimum Gasteiger partial charge on any atom is -0.440 e. The van der Waals surface area contributed by atoms with Crippen LogP contribution in [0.4, 0.5) is 5.88 Å². The van der Waals surface area contributed by atoms with E-state index in [9.17, 15) is 4.79 Å². The first-order valence-corrected chi connectivity index (χ1v) is 9.98. The Balaban J connectivity index is 1.51. The minimum atomic E-state index is -0.0158. The van der Waals surface area contributed by atoms with Crippen molar-refractivity contribution in [2.75, 3.05) is 31.6 Å². The molecule has 0 radical (unpaired) electrons. The van der Waals surface area contributed by atoms with Gasteiger partial charge >= 0.3 is 0 Å². The Morgan fingerprint density at radius 1 is 1.14 bits per heavy atom. The normalized spacial score (nSPS) is 17.2. The Morgan fingerprint density at radius 2 is 2.00 bits per heavy atom. The lowest BCUT2D eigenvalue weighted by Gasteiger charge is -2.29. The van der Waals surface area contributed by atoms with E-state index in [4.69, 9.17) is 9.15 Å². The lowest BCUT2D eigenvalue weighted by molar-refractivity contribution is -0.116. The van der Waals surface area contributed by atoms with E-state index in [1.54, 1.807) is 0 Å². The smallest absolute Gasteiger partial charge is 0.226 e. The predicted molar refractivity (Wildman–Crippen MR) is 112 cm³/mol. The number of anilines is 1. The first-order valence-electron chi connectivity index (χ1n) is 9.98. The van der Waals surface area contributed by atoms with Crippen LogP contribution in [0.1, 0.15) is 31.7 Å². The van der Waals surface area contributed by atoms with Crippen molar-refractivity contribution in [3.63, 3.8) is 0 Å². The highest BCUT2D eigenvalue weighted by molar-refractivity contribution is 5.93. The summed E-state index contributed by atoms with van der Waals surface area (Å²) in [4.78, 5) is 14.2. The van der Waals surface area contributed by atoms with Crippen molar-refractivity contribution in [1.82, 2.24) is 4.90 Å². The van der Waals surface area contributed by atoms with Gasteiger partial charge in [0.05, 0.1) is 13.2 Å². The summed E-state index contributed by atoms with van der Waals surface area (Å²) in [7, 11) is 0. The molecule has 1 aliphatic carbocycles. The lowest BCUT2D eigenvalue weighted by Crippen LogP contribution is -2.35. The fraction of sp³-hybridized carbons (Fsp3) is 0.348. The van der Waals surface area contributed by atoms with E-state index >= 15 is 0 Å². The van der Waals surface area contributed by atoms with Crippen LogP contribution in [0.25, 0.3) is 16.5 Å². The second-order valence-electron chi connectivity index (χ2n) is 7.12. The van der Waals surface area contributed by atoms with Gasteiger partial charge in [-0.3, -0.25) is 10.1 Å². The molecule has 28 heavy (non-hydrogen) atoms. The average Bonchev–Trinajstić information content (AvgIpc) is 2.94. The van der Waals surface area contributed by atoms with Crippen molar-refractivity contribution in [2.24, 2.45) is 0 Å². The van der Waals surface area contributed by atoms with Gasteiger partial charge < -0.3 is 14.1 Å². The van der Waals surface area contributed by atoms with Crippen molar-refractivity contribution < 1.29 is 13.9 Å². The highest BCUT2D eigenvalue weighted by Gasteiger charge is 2.13. The number of hydrogen-bond donors (Lipinski definition) is 1. The van der Waals surface area contributed by atoms with Gasteiger partial charge in [-0.15, -0.1) is 0 Å². The van der Waals surface area contributed by atoms with E-state index in [2.05, 4.69) is 46.7 Å². The molecule has 146 valence electrons. The predicted octanol–water partition coefficient (Wildman–Crippen LogP) is 4.73. The number of ether oxygens (including phenoxy) is 1. The van der Waals surface area contributed by atoms with Gasteiger partial charge in [0, 0.05) is 36.7 Å². The van der Waals surface area contributed by atoms with E-state index in [0.717, 1.165) is 55.7 Å². The van der Waals surface area contributed by atoms with Crippen LogP contribution in [0.5, 0.6) is 0 Å². The minimum absolute atomic E-state index is 0.0158. The highest BCUT2D eigenvalue weighted by Crippen LogP contribution is 2.29. The van der Waals surface area contributed by atoms with E-state index in [1.165, 1.54) is 11.3 Å². The van der Waals surface area contributed by atoms with Crippen LogP contribution in [-0.2, 0) is 9.53 Å². The molecule has 2 heterocycles. The number of nitrogens with one attached hydrogen (secondary N) is 1. The summed E-state index contributed by atoms with van der Waals surface area (Å²) >= 11 is 0. The Bertz CT molecular complexity index is 946. The van der Waals surface area contributed by atoms with Crippen LogP contribution >= 0.6 is 0 Å². The molecule has 2 aliphatic rings. The maximum Gasteiger partial charge on any atom is 0.226 e. The monoisotopic (exact) mass is 378 g/mol. The van der Waals surface area contributed by atoms with Crippen molar-refractivity contribution in [2.45, 2.75) is 26.2 Å². The third kappa shape index (κ3) is 4.20. The van der Waals surface area contributed by atoms with Crippen LogP contribution in [-0.4, -0.2) is 37.1 Å². The number of nitrogens with zero attached hydrogens (tertiary/aromatic N) is 1. The maximum absolute atomic E-state index is 11.8. The second-order valence-corrected chi connectivity index (χ2v) is 7.12. The number of carbonyl (C=O) groups is 1. The molecule has 1 fully saturated rings. The Hall–Kier alpha value is -2.79. The number of amides is 1. The number of fused-ring (bicyclic) bond motifs is 1. The number of rotatable bonds is 5. The largest absolute Gasteiger partial charge is 0.440 e. The third-order valence-corrected chi connectivity index (χ3v) is 5.06. The number of allylic oxidation sites excluding steroid dienone is 5. The second kappa shape index (κ2) is 8.48. The van der Waals surface area contributed by atoms with Gasteiger partial charge in [-0.05, 0) is 42.2 Å². The van der Waals surface area contributed by atoms with Gasteiger partial charge in [0.15, 0.2) is 0 Å². The number of carbonyl (C=O) groups excluding carboxylic acids is 1. The van der Waals surface area contributed by atoms with Gasteiger partial charge in [0.1, 0.15) is 5.58 Å². The zero-order valence-corrected chi connectivity index (χ0v) is 16.2. The van der Waals surface area contributed by atoms with E-state index in [1.807, 2.05) is 19.1 Å². The first kappa shape index (κ1) is 18.6. The molecule has 1 aliphatic heterocycles. The fourth-order valence-electron chi connectivity index (χ4n) is 3.60. The fourth-order valence-corrected chi connectivity index (χ4v) is 3.60. The summed E-state index contributed by atoms with van der Waals surface area (Å²) in [5.74, 6) is 0.491. The SMILES string of the molecule is CCCC(=O)Nc1cc2cc(C3=CCC=C(N4CCOCC4)C=C3)ccc2o1. The highest BCUT2D eigenvalue weighted by atomic mass is 16.5. The molecule has 0 unspecified atom stereocenters. The number of hydrogen-bond acceptors (Lipinski definition) is 4. The summed E-state index contributed by atoms with van der Waals surface area (Å²) in [6.45, 7) is 5.45. The van der Waals surface area contributed by atoms with Gasteiger partial charge in [0.25, 0.3) is 0 Å². The number of morpholine rings is 1. The Kier molecular flexibility index (Phi) is 5.63. The van der Waals surface area contributed by atoms with Gasteiger partial charge in [-0.1, -0.05) is 31.2 Å². The zero-order chi connectivity index (χ0) is 19.3. The molecule has 0 saturated carbocycles. The standard InChI is InChI=1S/C23H26N2O3/c1-2-4-22(26)24-23-16-19-15-18(8-10-21(19)28-23)17-5-3-6-20(9-7-17)25-11-13-27-14-12-25/h5-10,15-16H,2-4,11-14H2,1H3,(H,24,26). The van der Waals surface area contributed by atoms with Crippen LogP contribution in [0.3, 0.4) is 0 Å². The molecule has 1 aromatic carbocycles. The quantitative estimate of drug-likeness (QED) is 0.817. The Labute approximate surface area is 165 Å². The topological polar surface area (TPSA) is 54.7 Å². The lowest BCUT2D eigenvalue weighted by atomic mass is 10.0. The molecule has 0 atom stereocenters. The van der Waals surface area contributed by atoms with Crippen molar-refractivity contribution in [3.8, 4) is 0 Å². The molecule has 1 amide bonds. The molecule has 5 nitrogen and oxygen atoms in total. The van der Waals surface area contributed by atoms with E-state index in [0.29, 0.717) is 12.3 Å². The van der Waals surface area contributed by atoms with Crippen LogP contribution in [0, 0.1) is 0 Å². The van der Waals surface area contributed by atoms with Crippen LogP contribution in [0.2, 0.25) is 0 Å². The van der Waals surface area contributed by atoms with Crippen LogP contribution < -0.4 is 5.32 Å². The summed E-state index contributed by atoms with van der Waals surface area (Å²) in [6, 6.07) is 8.05. The van der Waals surface area contributed by atoms with Crippen molar-refractivity contribution in [1.29, 1.82) is 0 Å². The maximum atomic E-state index is 11.8. The summed E-state index contributed by atoms with van der Waals surface area (Å²) in [6.07, 6.45) is 11.1. The van der Waals surface area contributed by atoms with Gasteiger partial charge in [-0.25, -0.2) is 0 Å². The third-order valence-electron chi connectivity index (χ3n) is 5.06. The molecule has 5 heteroatoms. The molecule has 4 rings (SSSR count). The summed E-state index contributed by atoms with van der Waals surface area (Å²) in [5, 5.41) is 3.82. The van der Waals surface area contributed by atoms with Gasteiger partial charge in [0.2, 0.25) is 11.8 Å². The molecule has 0 spiro atoms. The molecule has 1 saturated heterocycles. The zero-order valence-electron chi connectivity index (χ0n) is 16.2. The summed E-state index contributed by atoms with van der Waals surface area (Å²) in [5.41, 5.74) is 4.38. The molecular formula is C23H26N2O3. The molecule has 1 N–H and O–H groups in total. The first-order chi connectivity index (χ1) is 13.7. The van der Waals surface area contributed by atoms with Crippen LogP contribution in [0.15, 0.2) is 58.7 Å². The molecule has 2 aromatic rings. The average molecular weight is 378 g/mol. The number of furan rings is 1.